The Bertz CT molecular complexity index is 922. The Morgan fingerprint density at radius 2 is 1.84 bits per heavy atom. The molecular formula is C25H30N2O4. The lowest BCUT2D eigenvalue weighted by Gasteiger charge is -2.30. The summed E-state index contributed by atoms with van der Waals surface area (Å²) in [6, 6.07) is 15.7. The average Bonchev–Trinajstić information content (AvgIpc) is 3.39. The number of rotatable bonds is 8. The molecule has 2 aromatic carbocycles. The van der Waals surface area contributed by atoms with Crippen molar-refractivity contribution in [2.45, 2.75) is 56.9 Å². The minimum absolute atomic E-state index is 0.00457. The Hall–Kier alpha value is -2.57. The third-order valence-electron chi connectivity index (χ3n) is 6.58. The standard InChI is InChI=1S/C25H30N2O4/c28-17-21(19-8-9-19)27(15-18-6-2-1-3-7-18)16-24(29)26-20-10-11-22-23(14-20)31-25(30-22)12-4-5-13-25/h1-3,6-7,10-11,14,19,21,28H,4-5,8-9,12-13,15-17H2,(H,26,29)/t21-/m1/s1. The Morgan fingerprint density at radius 3 is 2.55 bits per heavy atom. The highest BCUT2D eigenvalue weighted by atomic mass is 16.7. The van der Waals surface area contributed by atoms with Crippen molar-refractivity contribution in [3.8, 4) is 11.5 Å². The second-order valence-corrected chi connectivity index (χ2v) is 9.01. The zero-order valence-corrected chi connectivity index (χ0v) is 17.8. The summed E-state index contributed by atoms with van der Waals surface area (Å²) in [5.41, 5.74) is 1.84. The van der Waals surface area contributed by atoms with Crippen LogP contribution in [0.2, 0.25) is 0 Å². The van der Waals surface area contributed by atoms with Gasteiger partial charge in [-0.05, 0) is 49.3 Å². The van der Waals surface area contributed by atoms with Gasteiger partial charge in [0.1, 0.15) is 0 Å². The van der Waals surface area contributed by atoms with E-state index in [-0.39, 0.29) is 25.1 Å². The van der Waals surface area contributed by atoms with Gasteiger partial charge in [0, 0.05) is 37.2 Å². The van der Waals surface area contributed by atoms with Crippen LogP contribution in [0.1, 0.15) is 44.1 Å². The van der Waals surface area contributed by atoms with Crippen molar-refractivity contribution in [3.63, 3.8) is 0 Å². The first-order chi connectivity index (χ1) is 15.1. The molecule has 31 heavy (non-hydrogen) atoms. The van der Waals surface area contributed by atoms with Crippen LogP contribution in [-0.4, -0.2) is 40.9 Å². The molecule has 6 nitrogen and oxygen atoms in total. The highest BCUT2D eigenvalue weighted by Crippen LogP contribution is 2.47. The molecule has 1 amide bonds. The molecule has 2 aliphatic carbocycles. The molecule has 2 aromatic rings. The van der Waals surface area contributed by atoms with Gasteiger partial charge in [0.15, 0.2) is 11.5 Å². The van der Waals surface area contributed by atoms with E-state index in [1.165, 1.54) is 0 Å². The molecule has 0 aromatic heterocycles. The maximum atomic E-state index is 12.9. The molecule has 0 saturated heterocycles. The lowest BCUT2D eigenvalue weighted by molar-refractivity contribution is -0.118. The fraction of sp³-hybridized carbons (Fsp3) is 0.480. The molecule has 1 heterocycles. The molecule has 5 rings (SSSR count). The van der Waals surface area contributed by atoms with Crippen LogP contribution in [-0.2, 0) is 11.3 Å². The number of carbonyl (C=O) groups is 1. The smallest absolute Gasteiger partial charge is 0.251 e. The normalized spacial score (nSPS) is 19.7. The van der Waals surface area contributed by atoms with Crippen LogP contribution >= 0.6 is 0 Å². The van der Waals surface area contributed by atoms with Gasteiger partial charge in [-0.1, -0.05) is 30.3 Å². The molecule has 0 radical (unpaired) electrons. The predicted octanol–water partition coefficient (Wildman–Crippen LogP) is 3.94. The predicted molar refractivity (Wildman–Crippen MR) is 118 cm³/mol. The van der Waals surface area contributed by atoms with E-state index in [2.05, 4.69) is 22.3 Å². The lowest BCUT2D eigenvalue weighted by atomic mass is 10.1. The van der Waals surface area contributed by atoms with E-state index in [1.807, 2.05) is 36.4 Å². The van der Waals surface area contributed by atoms with Crippen LogP contribution in [0.15, 0.2) is 48.5 Å². The van der Waals surface area contributed by atoms with Gasteiger partial charge in [-0.15, -0.1) is 0 Å². The zero-order valence-electron chi connectivity index (χ0n) is 17.8. The summed E-state index contributed by atoms with van der Waals surface area (Å²) in [5, 5.41) is 13.0. The van der Waals surface area contributed by atoms with Crippen molar-refractivity contribution in [2.75, 3.05) is 18.5 Å². The lowest BCUT2D eigenvalue weighted by Crippen LogP contribution is -2.43. The van der Waals surface area contributed by atoms with Crippen LogP contribution in [0.3, 0.4) is 0 Å². The molecule has 1 spiro atoms. The number of ether oxygens (including phenoxy) is 2. The third-order valence-corrected chi connectivity index (χ3v) is 6.58. The average molecular weight is 423 g/mol. The highest BCUT2D eigenvalue weighted by molar-refractivity contribution is 5.92. The van der Waals surface area contributed by atoms with Gasteiger partial charge in [0.05, 0.1) is 13.2 Å². The topological polar surface area (TPSA) is 71.0 Å². The maximum absolute atomic E-state index is 12.9. The molecule has 1 aliphatic heterocycles. The molecular weight excluding hydrogens is 392 g/mol. The summed E-state index contributed by atoms with van der Waals surface area (Å²) < 4.78 is 12.2. The molecule has 164 valence electrons. The SMILES string of the molecule is O=C(CN(Cc1ccccc1)[C@H](CO)C1CC1)Nc1ccc2c(c1)OC1(CCCC1)O2. The first-order valence-electron chi connectivity index (χ1n) is 11.3. The van der Waals surface area contributed by atoms with Gasteiger partial charge in [-0.3, -0.25) is 9.69 Å². The van der Waals surface area contributed by atoms with E-state index in [0.29, 0.717) is 23.9 Å². The van der Waals surface area contributed by atoms with Gasteiger partial charge >= 0.3 is 0 Å². The number of aliphatic hydroxyl groups excluding tert-OH is 1. The van der Waals surface area contributed by atoms with Crippen molar-refractivity contribution < 1.29 is 19.4 Å². The monoisotopic (exact) mass is 422 g/mol. The number of benzene rings is 2. The molecule has 2 N–H and O–H groups in total. The van der Waals surface area contributed by atoms with Crippen LogP contribution in [0.25, 0.3) is 0 Å². The van der Waals surface area contributed by atoms with E-state index < -0.39 is 5.79 Å². The Morgan fingerprint density at radius 1 is 1.10 bits per heavy atom. The fourth-order valence-corrected chi connectivity index (χ4v) is 4.83. The quantitative estimate of drug-likeness (QED) is 0.674. The van der Waals surface area contributed by atoms with Gasteiger partial charge < -0.3 is 19.9 Å². The van der Waals surface area contributed by atoms with Crippen LogP contribution in [0, 0.1) is 5.92 Å². The number of nitrogens with one attached hydrogen (secondary N) is 1. The molecule has 1 atom stereocenters. The van der Waals surface area contributed by atoms with E-state index in [4.69, 9.17) is 9.47 Å². The van der Waals surface area contributed by atoms with Gasteiger partial charge in [0.2, 0.25) is 5.91 Å². The van der Waals surface area contributed by atoms with Crippen LogP contribution < -0.4 is 14.8 Å². The second-order valence-electron chi connectivity index (χ2n) is 9.01. The molecule has 6 heteroatoms. The summed E-state index contributed by atoms with van der Waals surface area (Å²) >= 11 is 0. The fourth-order valence-electron chi connectivity index (χ4n) is 4.83. The summed E-state index contributed by atoms with van der Waals surface area (Å²) in [4.78, 5) is 15.0. The zero-order chi connectivity index (χ0) is 21.3. The number of aliphatic hydroxyl groups is 1. The molecule has 0 bridgehead atoms. The van der Waals surface area contributed by atoms with E-state index in [9.17, 15) is 9.90 Å². The number of hydrogen-bond acceptors (Lipinski definition) is 5. The summed E-state index contributed by atoms with van der Waals surface area (Å²) in [7, 11) is 0. The molecule has 3 aliphatic rings. The Kier molecular flexibility index (Phi) is 5.59. The minimum atomic E-state index is -0.504. The summed E-state index contributed by atoms with van der Waals surface area (Å²) in [5.74, 6) is 1.32. The van der Waals surface area contributed by atoms with Gasteiger partial charge in [-0.2, -0.15) is 0 Å². The third kappa shape index (κ3) is 4.55. The molecule has 2 fully saturated rings. The number of nitrogens with zero attached hydrogens (tertiary/aromatic N) is 1. The van der Waals surface area contributed by atoms with Crippen molar-refractivity contribution in [3.05, 3.63) is 54.1 Å². The highest BCUT2D eigenvalue weighted by Gasteiger charge is 2.44. The number of amides is 1. The number of anilines is 1. The van der Waals surface area contributed by atoms with Crippen LogP contribution in [0.5, 0.6) is 11.5 Å². The largest absolute Gasteiger partial charge is 0.448 e. The van der Waals surface area contributed by atoms with E-state index in [1.54, 1.807) is 0 Å². The van der Waals surface area contributed by atoms with E-state index in [0.717, 1.165) is 49.8 Å². The molecule has 0 unspecified atom stereocenters. The maximum Gasteiger partial charge on any atom is 0.251 e. The first kappa shape index (κ1) is 20.3. The summed E-state index contributed by atoms with van der Waals surface area (Å²) in [6.45, 7) is 0.936. The van der Waals surface area contributed by atoms with Crippen molar-refractivity contribution in [1.82, 2.24) is 4.90 Å². The molecule has 2 saturated carbocycles. The Balaban J connectivity index is 1.26. The second kappa shape index (κ2) is 8.52. The number of hydrogen-bond donors (Lipinski definition) is 2. The minimum Gasteiger partial charge on any atom is -0.448 e. The van der Waals surface area contributed by atoms with Crippen molar-refractivity contribution in [1.29, 1.82) is 0 Å². The Labute approximate surface area is 183 Å². The number of fused-ring (bicyclic) bond motifs is 1. The van der Waals surface area contributed by atoms with Gasteiger partial charge in [-0.25, -0.2) is 0 Å². The van der Waals surface area contributed by atoms with Crippen molar-refractivity contribution >= 4 is 11.6 Å². The van der Waals surface area contributed by atoms with Crippen molar-refractivity contribution in [2.24, 2.45) is 5.92 Å². The van der Waals surface area contributed by atoms with Crippen LogP contribution in [0.4, 0.5) is 5.69 Å². The van der Waals surface area contributed by atoms with E-state index >= 15 is 0 Å². The first-order valence-corrected chi connectivity index (χ1v) is 11.3. The number of carbonyl (C=O) groups excluding carboxylic acids is 1. The summed E-state index contributed by atoms with van der Waals surface area (Å²) in [6.07, 6.45) is 6.26. The van der Waals surface area contributed by atoms with Gasteiger partial charge in [0.25, 0.3) is 5.79 Å².